The van der Waals surface area contributed by atoms with E-state index in [9.17, 15) is 0 Å². The van der Waals surface area contributed by atoms with Crippen molar-refractivity contribution in [1.29, 1.82) is 0 Å². The summed E-state index contributed by atoms with van der Waals surface area (Å²) >= 11 is 0. The third-order valence-corrected chi connectivity index (χ3v) is 2.80. The van der Waals surface area contributed by atoms with Crippen molar-refractivity contribution < 1.29 is 0 Å². The number of H-pyrrole nitrogens is 1. The van der Waals surface area contributed by atoms with Crippen LogP contribution in [0.4, 0.5) is 0 Å². The molecule has 3 rings (SSSR count). The highest BCUT2D eigenvalue weighted by Crippen LogP contribution is 2.22. The molecule has 16 heavy (non-hydrogen) atoms. The number of fused-ring (bicyclic) bond motifs is 1. The van der Waals surface area contributed by atoms with Gasteiger partial charge in [-0.15, -0.1) is 24.8 Å². The molecule has 2 aromatic rings. The predicted octanol–water partition coefficient (Wildman–Crippen LogP) is 2.83. The Bertz CT molecular complexity index is 416. The van der Waals surface area contributed by atoms with Gasteiger partial charge in [0.15, 0.2) is 0 Å². The second-order valence-corrected chi connectivity index (χ2v) is 3.79. The van der Waals surface area contributed by atoms with E-state index in [0.29, 0.717) is 6.04 Å². The molecule has 0 amide bonds. The minimum Gasteiger partial charge on any atom is -0.341 e. The maximum atomic E-state index is 4.58. The second kappa shape index (κ2) is 5.53. The average Bonchev–Trinajstić information content (AvgIpc) is 2.86. The van der Waals surface area contributed by atoms with Gasteiger partial charge in [-0.3, -0.25) is 0 Å². The van der Waals surface area contributed by atoms with E-state index in [-0.39, 0.29) is 24.8 Å². The molecule has 1 aromatic heterocycles. The second-order valence-electron chi connectivity index (χ2n) is 3.79. The van der Waals surface area contributed by atoms with Crippen LogP contribution in [-0.4, -0.2) is 16.5 Å². The summed E-state index contributed by atoms with van der Waals surface area (Å²) in [6, 6.07) is 8.61. The normalized spacial score (nSPS) is 19.1. The summed E-state index contributed by atoms with van der Waals surface area (Å²) in [5, 5.41) is 3.44. The van der Waals surface area contributed by atoms with Crippen molar-refractivity contribution in [3.8, 4) is 0 Å². The Hall–Kier alpha value is -0.770. The van der Waals surface area contributed by atoms with Crippen LogP contribution in [0.1, 0.15) is 24.7 Å². The molecule has 0 bridgehead atoms. The first kappa shape index (κ1) is 13.3. The van der Waals surface area contributed by atoms with E-state index in [4.69, 9.17) is 0 Å². The molecule has 1 atom stereocenters. The third-order valence-electron chi connectivity index (χ3n) is 2.80. The molecule has 2 N–H and O–H groups in total. The maximum absolute atomic E-state index is 4.58. The molecule has 1 aromatic carbocycles. The molecular weight excluding hydrogens is 245 g/mol. The Kier molecular flexibility index (Phi) is 4.59. The molecule has 5 heteroatoms. The molecule has 0 spiro atoms. The van der Waals surface area contributed by atoms with Gasteiger partial charge in [-0.1, -0.05) is 12.1 Å². The van der Waals surface area contributed by atoms with E-state index in [1.807, 2.05) is 18.2 Å². The third kappa shape index (κ3) is 2.32. The fourth-order valence-electron chi connectivity index (χ4n) is 2.06. The number of halogens is 2. The number of imidazole rings is 1. The quantitative estimate of drug-likeness (QED) is 0.827. The zero-order valence-corrected chi connectivity index (χ0v) is 10.4. The van der Waals surface area contributed by atoms with Crippen molar-refractivity contribution in [2.45, 2.75) is 18.9 Å². The summed E-state index contributed by atoms with van der Waals surface area (Å²) < 4.78 is 0. The van der Waals surface area contributed by atoms with E-state index >= 15 is 0 Å². The Balaban J connectivity index is 0.000000640. The van der Waals surface area contributed by atoms with Gasteiger partial charge < -0.3 is 10.3 Å². The van der Waals surface area contributed by atoms with Crippen LogP contribution in [0, 0.1) is 0 Å². The summed E-state index contributed by atoms with van der Waals surface area (Å²) in [6.07, 6.45) is 2.45. The predicted molar refractivity (Wildman–Crippen MR) is 70.6 cm³/mol. The highest BCUT2D eigenvalue weighted by atomic mass is 35.5. The minimum atomic E-state index is 0. The smallest absolute Gasteiger partial charge is 0.124 e. The van der Waals surface area contributed by atoms with Crippen LogP contribution in [0.15, 0.2) is 24.3 Å². The monoisotopic (exact) mass is 259 g/mol. The number of hydrogen-bond donors (Lipinski definition) is 2. The van der Waals surface area contributed by atoms with Crippen molar-refractivity contribution in [3.63, 3.8) is 0 Å². The highest BCUT2D eigenvalue weighted by Gasteiger charge is 2.18. The fourth-order valence-corrected chi connectivity index (χ4v) is 2.06. The zero-order chi connectivity index (χ0) is 9.38. The lowest BCUT2D eigenvalue weighted by Crippen LogP contribution is -2.13. The van der Waals surface area contributed by atoms with Gasteiger partial charge in [0, 0.05) is 0 Å². The lowest BCUT2D eigenvalue weighted by atomic mass is 10.2. The van der Waals surface area contributed by atoms with E-state index in [1.165, 1.54) is 12.8 Å². The summed E-state index contributed by atoms with van der Waals surface area (Å²) in [5.41, 5.74) is 2.20. The first-order chi connectivity index (χ1) is 6.93. The Morgan fingerprint density at radius 3 is 2.69 bits per heavy atom. The minimum absolute atomic E-state index is 0. The Morgan fingerprint density at radius 2 is 2.00 bits per heavy atom. The molecule has 0 saturated carbocycles. The number of hydrogen-bond acceptors (Lipinski definition) is 2. The van der Waals surface area contributed by atoms with Crippen molar-refractivity contribution in [2.24, 2.45) is 0 Å². The molecular formula is C11H15Cl2N3. The summed E-state index contributed by atoms with van der Waals surface area (Å²) in [5.74, 6) is 1.09. The summed E-state index contributed by atoms with van der Waals surface area (Å²) in [6.45, 7) is 1.11. The maximum Gasteiger partial charge on any atom is 0.124 e. The van der Waals surface area contributed by atoms with E-state index in [1.54, 1.807) is 0 Å². The van der Waals surface area contributed by atoms with Crippen LogP contribution < -0.4 is 5.32 Å². The number of benzene rings is 1. The van der Waals surface area contributed by atoms with Gasteiger partial charge in [0.25, 0.3) is 0 Å². The van der Waals surface area contributed by atoms with Crippen LogP contribution in [0.2, 0.25) is 0 Å². The van der Waals surface area contributed by atoms with Crippen molar-refractivity contribution in [2.75, 3.05) is 6.54 Å². The van der Waals surface area contributed by atoms with Gasteiger partial charge in [0.05, 0.1) is 17.1 Å². The molecule has 1 saturated heterocycles. The van der Waals surface area contributed by atoms with Crippen LogP contribution in [0.3, 0.4) is 0 Å². The van der Waals surface area contributed by atoms with Crippen LogP contribution >= 0.6 is 24.8 Å². The van der Waals surface area contributed by atoms with E-state index in [0.717, 1.165) is 23.4 Å². The largest absolute Gasteiger partial charge is 0.341 e. The number of nitrogens with zero attached hydrogens (tertiary/aromatic N) is 1. The Labute approximate surface area is 107 Å². The molecule has 88 valence electrons. The van der Waals surface area contributed by atoms with Crippen LogP contribution in [0.25, 0.3) is 11.0 Å². The van der Waals surface area contributed by atoms with Gasteiger partial charge in [0.2, 0.25) is 0 Å². The van der Waals surface area contributed by atoms with Crippen molar-refractivity contribution >= 4 is 35.8 Å². The summed E-state index contributed by atoms with van der Waals surface area (Å²) in [7, 11) is 0. The highest BCUT2D eigenvalue weighted by molar-refractivity contribution is 5.85. The standard InChI is InChI=1S/C11H13N3.2ClH/c1-2-5-9-8(4-1)13-11(14-9)10-6-3-7-12-10;;/h1-2,4-5,10,12H,3,6-7H2,(H,13,14);2*1H/t10-;;/m1../s1. The van der Waals surface area contributed by atoms with Gasteiger partial charge >= 0.3 is 0 Å². The number of para-hydroxylation sites is 2. The Morgan fingerprint density at radius 1 is 1.19 bits per heavy atom. The topological polar surface area (TPSA) is 40.7 Å². The molecule has 1 aliphatic heterocycles. The fraction of sp³-hybridized carbons (Fsp3) is 0.364. The van der Waals surface area contributed by atoms with Crippen LogP contribution in [0.5, 0.6) is 0 Å². The number of nitrogens with one attached hydrogen (secondary N) is 2. The molecule has 1 fully saturated rings. The molecule has 0 unspecified atom stereocenters. The first-order valence-electron chi connectivity index (χ1n) is 5.11. The van der Waals surface area contributed by atoms with Gasteiger partial charge in [-0.25, -0.2) is 4.98 Å². The van der Waals surface area contributed by atoms with Gasteiger partial charge in [0.1, 0.15) is 5.82 Å². The van der Waals surface area contributed by atoms with E-state index in [2.05, 4.69) is 21.4 Å². The molecule has 3 nitrogen and oxygen atoms in total. The first-order valence-corrected chi connectivity index (χ1v) is 5.11. The number of aromatic amines is 1. The lowest BCUT2D eigenvalue weighted by molar-refractivity contribution is 0.614. The number of aromatic nitrogens is 2. The summed E-state index contributed by atoms with van der Waals surface area (Å²) in [4.78, 5) is 7.94. The SMILES string of the molecule is Cl.Cl.c1ccc2[nH]c([C@H]3CCCN3)nc2c1. The van der Waals surface area contributed by atoms with Gasteiger partial charge in [-0.05, 0) is 31.5 Å². The van der Waals surface area contributed by atoms with Crippen molar-refractivity contribution in [1.82, 2.24) is 15.3 Å². The van der Waals surface area contributed by atoms with Crippen LogP contribution in [-0.2, 0) is 0 Å². The van der Waals surface area contributed by atoms with Crippen molar-refractivity contribution in [3.05, 3.63) is 30.1 Å². The molecule has 2 heterocycles. The molecule has 0 radical (unpaired) electrons. The van der Waals surface area contributed by atoms with E-state index < -0.39 is 0 Å². The zero-order valence-electron chi connectivity index (χ0n) is 8.77. The molecule has 1 aliphatic rings. The lowest BCUT2D eigenvalue weighted by Gasteiger charge is -2.04. The molecule has 0 aliphatic carbocycles. The average molecular weight is 260 g/mol. The van der Waals surface area contributed by atoms with Gasteiger partial charge in [-0.2, -0.15) is 0 Å². The number of rotatable bonds is 1.